The fraction of sp³-hybridized carbons (Fsp3) is 0.500. The maximum atomic E-state index is 11.9. The van der Waals surface area contributed by atoms with Crippen LogP contribution in [0.1, 0.15) is 31.7 Å². The molecule has 1 heterocycles. The first-order chi connectivity index (χ1) is 12.5. The number of aromatic nitrogens is 2. The van der Waals surface area contributed by atoms with Crippen LogP contribution in [0.2, 0.25) is 0 Å². The van der Waals surface area contributed by atoms with E-state index >= 15 is 0 Å². The molecule has 3 saturated carbocycles. The summed E-state index contributed by atoms with van der Waals surface area (Å²) in [4.78, 5) is 15.7. The molecule has 3 fully saturated rings. The zero-order chi connectivity index (χ0) is 18.3. The first-order valence-electron chi connectivity index (χ1n) is 9.40. The van der Waals surface area contributed by atoms with Gasteiger partial charge in [0.15, 0.2) is 0 Å². The molecule has 0 aliphatic heterocycles. The highest BCUT2D eigenvalue weighted by atomic mass is 16.1. The average Bonchev–Trinajstić information content (AvgIpc) is 3.10. The van der Waals surface area contributed by atoms with Crippen LogP contribution in [0.3, 0.4) is 0 Å². The van der Waals surface area contributed by atoms with Gasteiger partial charge in [-0.15, -0.1) is 0 Å². The van der Waals surface area contributed by atoms with Crippen LogP contribution in [0.25, 0.3) is 5.69 Å². The topological polar surface area (TPSA) is 99.0 Å². The molecule has 2 unspecified atom stereocenters. The molecule has 1 aromatic heterocycles. The number of rotatable bonds is 6. The maximum Gasteiger partial charge on any atom is 0.354 e. The van der Waals surface area contributed by atoms with E-state index in [9.17, 15) is 4.79 Å². The molecule has 5 rings (SSSR count). The first-order valence-corrected chi connectivity index (χ1v) is 9.40. The van der Waals surface area contributed by atoms with Crippen LogP contribution in [0.15, 0.2) is 41.3 Å². The molecule has 0 spiro atoms. The zero-order valence-electron chi connectivity index (χ0n) is 15.2. The number of nitrogen functional groups attached to an aromatic ring is 1. The summed E-state index contributed by atoms with van der Waals surface area (Å²) < 4.78 is 1.50. The summed E-state index contributed by atoms with van der Waals surface area (Å²) in [6.07, 6.45) is 6.42. The van der Waals surface area contributed by atoms with Crippen molar-refractivity contribution in [2.75, 3.05) is 12.3 Å². The van der Waals surface area contributed by atoms with Gasteiger partial charge in [-0.2, -0.15) is 4.98 Å². The molecule has 3 aliphatic carbocycles. The molecule has 5 N–H and O–H groups in total. The van der Waals surface area contributed by atoms with E-state index in [4.69, 9.17) is 11.5 Å². The minimum Gasteiger partial charge on any atom is -0.383 e. The van der Waals surface area contributed by atoms with Crippen LogP contribution in [-0.2, 0) is 6.42 Å². The van der Waals surface area contributed by atoms with E-state index in [0.717, 1.165) is 24.6 Å². The predicted molar refractivity (Wildman–Crippen MR) is 103 cm³/mol. The van der Waals surface area contributed by atoms with E-state index in [1.165, 1.54) is 29.4 Å². The number of nitrogens with one attached hydrogen (secondary N) is 1. The second-order valence-corrected chi connectivity index (χ2v) is 8.07. The molecule has 26 heavy (non-hydrogen) atoms. The lowest BCUT2D eigenvalue weighted by Crippen LogP contribution is -2.53. The first kappa shape index (κ1) is 17.2. The Morgan fingerprint density at radius 1 is 1.27 bits per heavy atom. The van der Waals surface area contributed by atoms with Gasteiger partial charge in [0.05, 0.1) is 5.69 Å². The van der Waals surface area contributed by atoms with Crippen LogP contribution in [0.5, 0.6) is 0 Å². The molecule has 1 aromatic carbocycles. The monoisotopic (exact) mass is 353 g/mol. The Hall–Kier alpha value is -2.18. The molecular weight excluding hydrogens is 326 g/mol. The van der Waals surface area contributed by atoms with Gasteiger partial charge in [0.25, 0.3) is 0 Å². The van der Waals surface area contributed by atoms with Crippen molar-refractivity contribution in [2.45, 2.75) is 44.2 Å². The minimum absolute atomic E-state index is 0.240. The Bertz CT molecular complexity index is 838. The van der Waals surface area contributed by atoms with Crippen LogP contribution in [0, 0.1) is 11.8 Å². The largest absolute Gasteiger partial charge is 0.383 e. The second kappa shape index (κ2) is 6.52. The molecule has 0 radical (unpaired) electrons. The van der Waals surface area contributed by atoms with Crippen molar-refractivity contribution in [3.8, 4) is 5.69 Å². The van der Waals surface area contributed by atoms with E-state index in [1.807, 2.05) is 12.1 Å². The van der Waals surface area contributed by atoms with Crippen LogP contribution >= 0.6 is 0 Å². The number of anilines is 1. The van der Waals surface area contributed by atoms with E-state index in [-0.39, 0.29) is 11.5 Å². The van der Waals surface area contributed by atoms with Gasteiger partial charge in [0.2, 0.25) is 0 Å². The lowest BCUT2D eigenvalue weighted by atomic mass is 9.75. The lowest BCUT2D eigenvalue weighted by molar-refractivity contribution is 0.167. The Labute approximate surface area is 153 Å². The summed E-state index contributed by atoms with van der Waals surface area (Å²) >= 11 is 0. The molecule has 2 aromatic rings. The van der Waals surface area contributed by atoms with E-state index in [0.29, 0.717) is 17.5 Å². The zero-order valence-corrected chi connectivity index (χ0v) is 15.2. The highest BCUT2D eigenvalue weighted by Crippen LogP contribution is 2.55. The Kier molecular flexibility index (Phi) is 4.32. The number of hydrogen-bond acceptors (Lipinski definition) is 5. The van der Waals surface area contributed by atoms with Crippen LogP contribution in [0.4, 0.5) is 5.82 Å². The summed E-state index contributed by atoms with van der Waals surface area (Å²) in [7, 11) is 0. The van der Waals surface area contributed by atoms with Gasteiger partial charge >= 0.3 is 5.69 Å². The summed E-state index contributed by atoms with van der Waals surface area (Å²) in [6.45, 7) is 3.07. The standard InChI is InChI=1S/C20H27N5O/c1-13(24-20-9-15(10-20)16(11-20)12-21)8-14-2-4-17(5-3-14)25-7-6-18(22)23-19(25)26/h2-7,13,15-16,24H,8-12,21H2,1H3,(H2,22,23,26). The van der Waals surface area contributed by atoms with Gasteiger partial charge in [0.1, 0.15) is 5.82 Å². The molecule has 6 heteroatoms. The third-order valence-electron chi connectivity index (χ3n) is 6.06. The number of hydrogen-bond donors (Lipinski definition) is 3. The Morgan fingerprint density at radius 2 is 2.00 bits per heavy atom. The smallest absolute Gasteiger partial charge is 0.354 e. The van der Waals surface area contributed by atoms with Crippen LogP contribution < -0.4 is 22.5 Å². The van der Waals surface area contributed by atoms with Gasteiger partial charge in [-0.1, -0.05) is 12.1 Å². The van der Waals surface area contributed by atoms with Gasteiger partial charge in [-0.25, -0.2) is 4.79 Å². The molecule has 0 saturated heterocycles. The van der Waals surface area contributed by atoms with Gasteiger partial charge in [-0.05, 0) is 74.8 Å². The average molecular weight is 353 g/mol. The predicted octanol–water partition coefficient (Wildman–Crippen LogP) is 1.46. The minimum atomic E-state index is -0.359. The quantitative estimate of drug-likeness (QED) is 0.730. The number of nitrogens with two attached hydrogens (primary N) is 2. The third kappa shape index (κ3) is 3.15. The number of nitrogens with zero attached hydrogens (tertiary/aromatic N) is 2. The lowest BCUT2D eigenvalue weighted by Gasteiger charge is -2.42. The molecule has 2 atom stereocenters. The summed E-state index contributed by atoms with van der Waals surface area (Å²) in [6, 6.07) is 10.1. The van der Waals surface area contributed by atoms with Crippen molar-refractivity contribution in [3.63, 3.8) is 0 Å². The van der Waals surface area contributed by atoms with Crippen molar-refractivity contribution in [3.05, 3.63) is 52.6 Å². The molecule has 2 bridgehead atoms. The van der Waals surface area contributed by atoms with Gasteiger partial charge in [-0.3, -0.25) is 4.57 Å². The van der Waals surface area contributed by atoms with E-state index < -0.39 is 0 Å². The maximum absolute atomic E-state index is 11.9. The van der Waals surface area contributed by atoms with E-state index in [1.54, 1.807) is 12.3 Å². The van der Waals surface area contributed by atoms with Crippen LogP contribution in [-0.4, -0.2) is 27.7 Å². The Morgan fingerprint density at radius 3 is 2.62 bits per heavy atom. The van der Waals surface area contributed by atoms with Crippen molar-refractivity contribution in [1.29, 1.82) is 0 Å². The van der Waals surface area contributed by atoms with Crippen molar-refractivity contribution >= 4 is 5.82 Å². The molecule has 138 valence electrons. The highest BCUT2D eigenvalue weighted by Gasteiger charge is 2.55. The number of fused-ring (bicyclic) bond motifs is 1. The highest BCUT2D eigenvalue weighted by molar-refractivity contribution is 5.36. The van der Waals surface area contributed by atoms with E-state index in [2.05, 4.69) is 29.4 Å². The summed E-state index contributed by atoms with van der Waals surface area (Å²) in [5, 5.41) is 3.86. The molecule has 0 amide bonds. The summed E-state index contributed by atoms with van der Waals surface area (Å²) in [5.74, 6) is 1.79. The van der Waals surface area contributed by atoms with Gasteiger partial charge < -0.3 is 16.8 Å². The summed E-state index contributed by atoms with van der Waals surface area (Å²) in [5.41, 5.74) is 13.5. The molecule has 6 nitrogen and oxygen atoms in total. The van der Waals surface area contributed by atoms with Gasteiger partial charge in [0, 0.05) is 17.8 Å². The van der Waals surface area contributed by atoms with Crippen molar-refractivity contribution in [1.82, 2.24) is 14.9 Å². The van der Waals surface area contributed by atoms with Crippen molar-refractivity contribution < 1.29 is 0 Å². The normalized spacial score (nSPS) is 27.9. The second-order valence-electron chi connectivity index (χ2n) is 8.07. The SMILES string of the molecule is CC(Cc1ccc(-n2ccc(N)nc2=O)cc1)NC12CC(CN)C(C1)C2. The fourth-order valence-electron chi connectivity index (χ4n) is 4.90. The third-order valence-corrected chi connectivity index (χ3v) is 6.06. The van der Waals surface area contributed by atoms with Crippen molar-refractivity contribution in [2.24, 2.45) is 17.6 Å². The molecular formula is C20H27N5O. The fourth-order valence-corrected chi connectivity index (χ4v) is 4.90. The Balaban J connectivity index is 1.39. The molecule has 3 aliphatic rings. The number of benzene rings is 1.